The maximum Gasteiger partial charge on any atom is 0.417 e. The Morgan fingerprint density at radius 3 is 2.39 bits per heavy atom. The lowest BCUT2D eigenvalue weighted by molar-refractivity contribution is -0.137. The number of aromatic nitrogens is 3. The number of rotatable bonds is 4. The first-order valence-corrected chi connectivity index (χ1v) is 10.2. The number of hydrazine groups is 1. The zero-order valence-corrected chi connectivity index (χ0v) is 19.2. The molecular formula is C23H22ClF3N6. The number of fused-ring (bicyclic) bond motifs is 1. The van der Waals surface area contributed by atoms with E-state index < -0.39 is 11.7 Å². The molecule has 0 aliphatic carbocycles. The topological polar surface area (TPSA) is 94.6 Å². The van der Waals surface area contributed by atoms with Crippen molar-refractivity contribution in [3.8, 4) is 17.3 Å². The van der Waals surface area contributed by atoms with Gasteiger partial charge in [-0.05, 0) is 23.1 Å². The van der Waals surface area contributed by atoms with Crippen LogP contribution in [-0.2, 0) is 6.18 Å². The van der Waals surface area contributed by atoms with E-state index in [0.29, 0.717) is 11.3 Å². The first-order chi connectivity index (χ1) is 15.3. The molecule has 33 heavy (non-hydrogen) atoms. The zero-order chi connectivity index (χ0) is 24.7. The van der Waals surface area contributed by atoms with Gasteiger partial charge in [0, 0.05) is 12.6 Å². The molecule has 0 bridgehead atoms. The Bertz CT molecular complexity index is 1310. The van der Waals surface area contributed by atoms with Crippen LogP contribution in [0.15, 0.2) is 47.5 Å². The fourth-order valence-corrected chi connectivity index (χ4v) is 3.70. The van der Waals surface area contributed by atoms with Gasteiger partial charge in [0.2, 0.25) is 0 Å². The van der Waals surface area contributed by atoms with E-state index >= 15 is 0 Å². The summed E-state index contributed by atoms with van der Waals surface area (Å²) >= 11 is 6.60. The number of imidazole rings is 1. The molecule has 0 fully saturated rings. The summed E-state index contributed by atoms with van der Waals surface area (Å²) in [6.45, 7) is 9.86. The van der Waals surface area contributed by atoms with Gasteiger partial charge in [-0.15, -0.1) is 0 Å². The van der Waals surface area contributed by atoms with Crippen LogP contribution in [0.5, 0.6) is 0 Å². The van der Waals surface area contributed by atoms with Gasteiger partial charge >= 0.3 is 6.18 Å². The molecule has 0 radical (unpaired) electrons. The molecule has 172 valence electrons. The van der Waals surface area contributed by atoms with Gasteiger partial charge in [-0.1, -0.05) is 57.2 Å². The van der Waals surface area contributed by atoms with Crippen LogP contribution >= 0.6 is 11.6 Å². The van der Waals surface area contributed by atoms with E-state index in [-0.39, 0.29) is 44.3 Å². The average molecular weight is 475 g/mol. The van der Waals surface area contributed by atoms with Crippen molar-refractivity contribution >= 4 is 28.3 Å². The Balaban J connectivity index is 2.27. The predicted octanol–water partition coefficient (Wildman–Crippen LogP) is 5.83. The maximum absolute atomic E-state index is 13.5. The van der Waals surface area contributed by atoms with Crippen LogP contribution in [0.1, 0.15) is 37.9 Å². The first-order valence-electron chi connectivity index (χ1n) is 9.81. The number of benzene rings is 1. The van der Waals surface area contributed by atoms with Gasteiger partial charge in [0.25, 0.3) is 0 Å². The highest BCUT2D eigenvalue weighted by Crippen LogP contribution is 2.39. The van der Waals surface area contributed by atoms with Gasteiger partial charge in [-0.3, -0.25) is 0 Å². The molecule has 3 aromatic rings. The lowest BCUT2D eigenvalue weighted by Crippen LogP contribution is -2.26. The van der Waals surface area contributed by atoms with E-state index in [1.54, 1.807) is 7.05 Å². The monoisotopic (exact) mass is 474 g/mol. The molecule has 6 nitrogen and oxygen atoms in total. The summed E-state index contributed by atoms with van der Waals surface area (Å²) in [4.78, 5) is 11.6. The number of hydrogen-bond donors (Lipinski definition) is 2. The number of allylic oxidation sites excluding steroid dienone is 2. The molecule has 2 aromatic heterocycles. The van der Waals surface area contributed by atoms with Crippen molar-refractivity contribution in [3.63, 3.8) is 0 Å². The highest BCUT2D eigenvalue weighted by molar-refractivity contribution is 6.35. The van der Waals surface area contributed by atoms with Crippen LogP contribution in [0.3, 0.4) is 0 Å². The quantitative estimate of drug-likeness (QED) is 0.282. The fourth-order valence-electron chi connectivity index (χ4n) is 3.19. The lowest BCUT2D eigenvalue weighted by atomic mass is 9.87. The van der Waals surface area contributed by atoms with E-state index in [9.17, 15) is 18.4 Å². The number of H-pyrrole nitrogens is 1. The molecule has 10 heteroatoms. The molecule has 0 saturated heterocycles. The number of aromatic amines is 1. The summed E-state index contributed by atoms with van der Waals surface area (Å²) in [7, 11) is 1.56. The largest absolute Gasteiger partial charge is 0.417 e. The van der Waals surface area contributed by atoms with E-state index in [1.165, 1.54) is 29.3 Å². The second-order valence-corrected chi connectivity index (χ2v) is 8.87. The van der Waals surface area contributed by atoms with Crippen molar-refractivity contribution in [2.75, 3.05) is 7.05 Å². The summed E-state index contributed by atoms with van der Waals surface area (Å²) in [6.07, 6.45) is -4.59. The third kappa shape index (κ3) is 4.72. The molecule has 3 rings (SSSR count). The normalized spacial score (nSPS) is 13.0. The van der Waals surface area contributed by atoms with Crippen LogP contribution < -0.4 is 5.84 Å². The molecule has 0 atom stereocenters. The third-order valence-corrected chi connectivity index (χ3v) is 5.45. The second-order valence-electron chi connectivity index (χ2n) is 8.49. The molecular weight excluding hydrogens is 453 g/mol. The van der Waals surface area contributed by atoms with Crippen molar-refractivity contribution in [1.82, 2.24) is 20.0 Å². The number of nitriles is 1. The molecule has 1 aromatic carbocycles. The number of nitrogens with one attached hydrogen (secondary N) is 1. The summed E-state index contributed by atoms with van der Waals surface area (Å²) in [6, 6.07) is 8.34. The van der Waals surface area contributed by atoms with E-state index in [1.807, 2.05) is 26.8 Å². The highest BCUT2D eigenvalue weighted by atomic mass is 35.5. The van der Waals surface area contributed by atoms with Crippen LogP contribution in [0.2, 0.25) is 0 Å². The van der Waals surface area contributed by atoms with E-state index in [0.717, 1.165) is 6.07 Å². The number of alkyl halides is 3. The number of nitrogens with zero attached hydrogens (tertiary/aromatic N) is 4. The number of halogens is 4. The van der Waals surface area contributed by atoms with E-state index in [2.05, 4.69) is 21.5 Å². The van der Waals surface area contributed by atoms with Crippen LogP contribution in [0.4, 0.5) is 13.2 Å². The van der Waals surface area contributed by atoms with Crippen molar-refractivity contribution in [2.45, 2.75) is 26.9 Å². The van der Waals surface area contributed by atoms with Gasteiger partial charge < -0.3 is 9.99 Å². The van der Waals surface area contributed by atoms with Crippen molar-refractivity contribution in [3.05, 3.63) is 64.6 Å². The van der Waals surface area contributed by atoms with Crippen molar-refractivity contribution < 1.29 is 13.2 Å². The summed E-state index contributed by atoms with van der Waals surface area (Å²) < 4.78 is 40.6. The third-order valence-electron chi connectivity index (χ3n) is 5.04. The van der Waals surface area contributed by atoms with Crippen LogP contribution in [0, 0.1) is 16.7 Å². The molecule has 0 amide bonds. The average Bonchev–Trinajstić information content (AvgIpc) is 3.14. The maximum atomic E-state index is 13.5. The molecule has 0 aliphatic rings. The first kappa shape index (κ1) is 24.3. The number of pyridine rings is 1. The summed E-state index contributed by atoms with van der Waals surface area (Å²) in [5, 5.41) is 11.2. The summed E-state index contributed by atoms with van der Waals surface area (Å²) in [5.41, 5.74) is -0.0889. The molecule has 0 unspecified atom stereocenters. The molecule has 0 aliphatic heterocycles. The van der Waals surface area contributed by atoms with Gasteiger partial charge in [-0.2, -0.15) is 18.4 Å². The molecule has 0 spiro atoms. The predicted molar refractivity (Wildman–Crippen MR) is 122 cm³/mol. The van der Waals surface area contributed by atoms with Crippen molar-refractivity contribution in [2.24, 2.45) is 11.3 Å². The lowest BCUT2D eigenvalue weighted by Gasteiger charge is -2.25. The standard InChI is InChI=1S/C23H22ClF3N6/c1-12(22(2,3)4)18(24)20(33(5)29)21-31-16-10-15(30-17(11-28)19(16)32-21)13-8-6-7-9-14(13)23(25,26)27/h6-10H,1,29H2,2-5H3,(H,31,32)/b20-18+. The Hall–Kier alpha value is -3.35. The minimum atomic E-state index is -4.59. The zero-order valence-electron chi connectivity index (χ0n) is 18.5. The van der Waals surface area contributed by atoms with E-state index in [4.69, 9.17) is 17.4 Å². The minimum absolute atomic E-state index is 0.0261. The fraction of sp³-hybridized carbons (Fsp3) is 0.261. The Labute approximate surface area is 194 Å². The van der Waals surface area contributed by atoms with Crippen LogP contribution in [-0.4, -0.2) is 27.0 Å². The highest BCUT2D eigenvalue weighted by Gasteiger charge is 2.34. The van der Waals surface area contributed by atoms with Gasteiger partial charge in [0.05, 0.1) is 21.8 Å². The Morgan fingerprint density at radius 1 is 1.21 bits per heavy atom. The molecule has 2 heterocycles. The Morgan fingerprint density at radius 2 is 1.85 bits per heavy atom. The summed E-state index contributed by atoms with van der Waals surface area (Å²) in [5.74, 6) is 6.24. The minimum Gasteiger partial charge on any atom is -0.334 e. The van der Waals surface area contributed by atoms with Crippen molar-refractivity contribution in [1.29, 1.82) is 5.26 Å². The Kier molecular flexibility index (Phi) is 6.29. The molecule has 0 saturated carbocycles. The van der Waals surface area contributed by atoms with Crippen LogP contribution in [0.25, 0.3) is 28.0 Å². The van der Waals surface area contributed by atoms with Gasteiger partial charge in [0.15, 0.2) is 11.5 Å². The van der Waals surface area contributed by atoms with Gasteiger partial charge in [0.1, 0.15) is 17.3 Å². The number of nitrogens with two attached hydrogens (primary N) is 1. The smallest absolute Gasteiger partial charge is 0.334 e. The van der Waals surface area contributed by atoms with Gasteiger partial charge in [-0.25, -0.2) is 15.8 Å². The number of hydrogen-bond acceptors (Lipinski definition) is 5. The SMILES string of the molecule is C=C(/C(Cl)=C(/c1nc2cc(-c3ccccc3C(F)(F)F)nc(C#N)c2[nH]1)N(C)N)C(C)(C)C. The second kappa shape index (κ2) is 8.54. The molecule has 3 N–H and O–H groups in total.